The number of carbonyl (C=O) groups excluding carboxylic acids is 2. The highest BCUT2D eigenvalue weighted by atomic mass is 35.5. The third kappa shape index (κ3) is 5.49. The average Bonchev–Trinajstić information content (AvgIpc) is 2.82. The number of rotatable bonds is 6. The van der Waals surface area contributed by atoms with E-state index in [0.717, 1.165) is 34.6 Å². The highest BCUT2D eigenvalue weighted by Gasteiger charge is 2.28. The minimum Gasteiger partial charge on any atom is -0.497 e. The molecule has 2 N–H and O–H groups in total. The molecule has 6 heteroatoms. The van der Waals surface area contributed by atoms with Crippen LogP contribution in [0.15, 0.2) is 72.8 Å². The third-order valence-corrected chi connectivity index (χ3v) is 6.02. The summed E-state index contributed by atoms with van der Waals surface area (Å²) in [6.07, 6.45) is 2.44. The fourth-order valence-electron chi connectivity index (χ4n) is 4.07. The van der Waals surface area contributed by atoms with Crippen LogP contribution in [0.3, 0.4) is 0 Å². The summed E-state index contributed by atoms with van der Waals surface area (Å²) < 4.78 is 5.38. The van der Waals surface area contributed by atoms with E-state index in [1.165, 1.54) is 0 Å². The zero-order chi connectivity index (χ0) is 24.3. The lowest BCUT2D eigenvalue weighted by molar-refractivity contribution is 0.0951. The van der Waals surface area contributed by atoms with Crippen molar-refractivity contribution < 1.29 is 14.3 Å². The van der Waals surface area contributed by atoms with Crippen molar-refractivity contribution in [3.8, 4) is 5.75 Å². The van der Waals surface area contributed by atoms with E-state index in [4.69, 9.17) is 16.3 Å². The quantitative estimate of drug-likeness (QED) is 0.369. The molecule has 1 aliphatic heterocycles. The topological polar surface area (TPSA) is 67.4 Å². The number of methoxy groups -OCH3 is 1. The van der Waals surface area contributed by atoms with Gasteiger partial charge in [-0.2, -0.15) is 0 Å². The fraction of sp³-hybridized carbons (Fsp3) is 0.214. The van der Waals surface area contributed by atoms with Crippen LogP contribution in [0, 0.1) is 0 Å². The maximum absolute atomic E-state index is 13.2. The van der Waals surface area contributed by atoms with Crippen molar-refractivity contribution in [1.29, 1.82) is 0 Å². The van der Waals surface area contributed by atoms with Gasteiger partial charge in [-0.15, -0.1) is 0 Å². The number of amides is 1. The molecular formula is C28H27ClN2O3. The molecular weight excluding hydrogens is 448 g/mol. The summed E-state index contributed by atoms with van der Waals surface area (Å²) in [5.41, 5.74) is 4.46. The van der Waals surface area contributed by atoms with E-state index in [-0.39, 0.29) is 17.2 Å². The van der Waals surface area contributed by atoms with Crippen molar-refractivity contribution in [3.63, 3.8) is 0 Å². The largest absolute Gasteiger partial charge is 0.497 e. The Morgan fingerprint density at radius 2 is 1.79 bits per heavy atom. The number of ketones is 1. The molecule has 0 unspecified atom stereocenters. The van der Waals surface area contributed by atoms with Gasteiger partial charge in [-0.25, -0.2) is 0 Å². The molecule has 1 heterocycles. The summed E-state index contributed by atoms with van der Waals surface area (Å²) in [7, 11) is 1.62. The van der Waals surface area contributed by atoms with Crippen LogP contribution in [0.4, 0.5) is 0 Å². The monoisotopic (exact) mass is 474 g/mol. The van der Waals surface area contributed by atoms with Gasteiger partial charge in [0.25, 0.3) is 5.91 Å². The van der Waals surface area contributed by atoms with Crippen molar-refractivity contribution in [2.75, 3.05) is 7.11 Å². The molecule has 1 aliphatic rings. The van der Waals surface area contributed by atoms with E-state index in [0.29, 0.717) is 22.7 Å². The van der Waals surface area contributed by atoms with E-state index in [1.807, 2.05) is 30.3 Å². The number of benzene rings is 3. The lowest BCUT2D eigenvalue weighted by Crippen LogP contribution is -2.43. The van der Waals surface area contributed by atoms with Gasteiger partial charge in [-0.05, 0) is 67.8 Å². The Bertz CT molecular complexity index is 1260. The molecule has 1 amide bonds. The van der Waals surface area contributed by atoms with Crippen LogP contribution in [0.25, 0.3) is 5.70 Å². The molecule has 174 valence electrons. The number of nitrogens with one attached hydrogen (secondary N) is 2. The summed E-state index contributed by atoms with van der Waals surface area (Å²) in [4.78, 5) is 25.9. The first-order valence-corrected chi connectivity index (χ1v) is 11.5. The highest BCUT2D eigenvalue weighted by molar-refractivity contribution is 6.30. The molecule has 34 heavy (non-hydrogen) atoms. The van der Waals surface area contributed by atoms with Crippen LogP contribution >= 0.6 is 11.6 Å². The minimum absolute atomic E-state index is 0.179. The Hall–Kier alpha value is -3.57. The number of hydrogen-bond acceptors (Lipinski definition) is 4. The lowest BCUT2D eigenvalue weighted by Gasteiger charge is -2.35. The lowest BCUT2D eigenvalue weighted by atomic mass is 9.85. The second-order valence-electron chi connectivity index (χ2n) is 9.02. The Morgan fingerprint density at radius 3 is 2.53 bits per heavy atom. The summed E-state index contributed by atoms with van der Waals surface area (Å²) in [5, 5.41) is 7.01. The van der Waals surface area contributed by atoms with Crippen LogP contribution in [0.2, 0.25) is 5.02 Å². The van der Waals surface area contributed by atoms with Gasteiger partial charge in [0.1, 0.15) is 5.75 Å². The van der Waals surface area contributed by atoms with Gasteiger partial charge in [-0.1, -0.05) is 41.9 Å². The molecule has 0 aliphatic carbocycles. The third-order valence-electron chi connectivity index (χ3n) is 5.76. The molecule has 0 fully saturated rings. The molecule has 0 atom stereocenters. The molecule has 0 radical (unpaired) electrons. The molecule has 3 aromatic carbocycles. The first kappa shape index (κ1) is 23.6. The summed E-state index contributed by atoms with van der Waals surface area (Å²) in [5.74, 6) is 0.309. The van der Waals surface area contributed by atoms with Crippen molar-refractivity contribution in [1.82, 2.24) is 10.6 Å². The smallest absolute Gasteiger partial charge is 0.251 e. The minimum atomic E-state index is -0.246. The second-order valence-corrected chi connectivity index (χ2v) is 9.46. The zero-order valence-electron chi connectivity index (χ0n) is 19.4. The summed E-state index contributed by atoms with van der Waals surface area (Å²) >= 11 is 5.91. The van der Waals surface area contributed by atoms with Gasteiger partial charge < -0.3 is 15.4 Å². The Morgan fingerprint density at radius 1 is 1.06 bits per heavy atom. The highest BCUT2D eigenvalue weighted by Crippen LogP contribution is 2.32. The first-order chi connectivity index (χ1) is 16.2. The molecule has 0 spiro atoms. The molecule has 0 aromatic heterocycles. The van der Waals surface area contributed by atoms with Crippen molar-refractivity contribution in [3.05, 3.63) is 106 Å². The number of ether oxygens (including phenoxy) is 1. The molecule has 4 rings (SSSR count). The number of halogens is 1. The maximum atomic E-state index is 13.2. The maximum Gasteiger partial charge on any atom is 0.251 e. The molecule has 3 aromatic rings. The number of allylic oxidation sites excluding steroid dienone is 1. The van der Waals surface area contributed by atoms with Gasteiger partial charge in [0.2, 0.25) is 0 Å². The van der Waals surface area contributed by atoms with E-state index in [1.54, 1.807) is 49.6 Å². The van der Waals surface area contributed by atoms with Crippen molar-refractivity contribution in [2.45, 2.75) is 32.4 Å². The molecule has 0 saturated heterocycles. The van der Waals surface area contributed by atoms with Gasteiger partial charge >= 0.3 is 0 Å². The van der Waals surface area contributed by atoms with Crippen molar-refractivity contribution >= 4 is 29.0 Å². The molecule has 0 bridgehead atoms. The predicted molar refractivity (Wildman–Crippen MR) is 135 cm³/mol. The SMILES string of the molecule is COc1ccc2c(c1)C(=CC(=O)c1cccc(C(=O)NCc3ccc(Cl)cc3)c1)NC(C)(C)C2. The first-order valence-electron chi connectivity index (χ1n) is 11.1. The molecule has 0 saturated carbocycles. The zero-order valence-corrected chi connectivity index (χ0v) is 20.2. The Kier molecular flexibility index (Phi) is 6.75. The number of fused-ring (bicyclic) bond motifs is 1. The van der Waals surface area contributed by atoms with E-state index >= 15 is 0 Å². The van der Waals surface area contributed by atoms with Crippen LogP contribution in [-0.4, -0.2) is 24.3 Å². The van der Waals surface area contributed by atoms with Gasteiger partial charge in [0.05, 0.1) is 7.11 Å². The Balaban J connectivity index is 1.55. The normalized spacial score (nSPS) is 15.2. The second kappa shape index (κ2) is 9.74. The predicted octanol–water partition coefficient (Wildman–Crippen LogP) is 5.43. The number of carbonyl (C=O) groups is 2. The van der Waals surface area contributed by atoms with Crippen LogP contribution in [0.5, 0.6) is 5.75 Å². The Labute approximate surface area is 204 Å². The standard InChI is InChI=1S/C28H27ClN2O3/c1-28(2)16-21-9-12-23(34-3)14-24(21)25(31-28)15-26(32)19-5-4-6-20(13-19)27(33)30-17-18-7-10-22(29)11-8-18/h4-15,31H,16-17H2,1-3H3,(H,30,33). The van der Waals surface area contributed by atoms with E-state index in [2.05, 4.69) is 24.5 Å². The average molecular weight is 475 g/mol. The van der Waals surface area contributed by atoms with Crippen LogP contribution < -0.4 is 15.4 Å². The van der Waals surface area contributed by atoms with Gasteiger partial charge in [0, 0.05) is 45.6 Å². The van der Waals surface area contributed by atoms with E-state index in [9.17, 15) is 9.59 Å². The van der Waals surface area contributed by atoms with E-state index < -0.39 is 0 Å². The summed E-state index contributed by atoms with van der Waals surface area (Å²) in [6, 6.07) is 20.0. The fourth-order valence-corrected chi connectivity index (χ4v) is 4.19. The van der Waals surface area contributed by atoms with Crippen molar-refractivity contribution in [2.24, 2.45) is 0 Å². The van der Waals surface area contributed by atoms with Gasteiger partial charge in [-0.3, -0.25) is 9.59 Å². The molecule has 5 nitrogen and oxygen atoms in total. The van der Waals surface area contributed by atoms with Crippen LogP contribution in [-0.2, 0) is 13.0 Å². The van der Waals surface area contributed by atoms with Gasteiger partial charge in [0.15, 0.2) is 5.78 Å². The van der Waals surface area contributed by atoms with Crippen LogP contribution in [0.1, 0.15) is 51.3 Å². The number of hydrogen-bond donors (Lipinski definition) is 2. The summed E-state index contributed by atoms with van der Waals surface area (Å²) in [6.45, 7) is 4.57.